The molecular weight excluding hydrogens is 643 g/mol. The Morgan fingerprint density at radius 1 is 1.02 bits per heavy atom. The number of aromatic nitrogens is 1. The van der Waals surface area contributed by atoms with Crippen LogP contribution in [0.15, 0.2) is 50.1 Å². The normalized spacial score (nSPS) is 9.20. The highest BCUT2D eigenvalue weighted by atomic mass is 79.9. The molecule has 0 atom stereocenters. The maximum absolute atomic E-state index is 11.2. The molecule has 0 aliphatic rings. The Balaban J connectivity index is 0.000000536. The van der Waals surface area contributed by atoms with Crippen LogP contribution in [0.4, 0.5) is 5.69 Å². The molecule has 0 fully saturated rings. The quantitative estimate of drug-likeness (QED) is 0.138. The molecule has 0 aliphatic carbocycles. The summed E-state index contributed by atoms with van der Waals surface area (Å²) in [5.41, 5.74) is 6.44. The van der Waals surface area contributed by atoms with Gasteiger partial charge in [-0.15, -0.1) is 0 Å². The summed E-state index contributed by atoms with van der Waals surface area (Å²) in [5, 5.41) is 25.5. The lowest BCUT2D eigenvalue weighted by Gasteiger charge is -2.07. The van der Waals surface area contributed by atoms with Gasteiger partial charge in [0.2, 0.25) is 0 Å². The molecule has 0 saturated carbocycles. The molecule has 6 N–H and O–H groups in total. The highest BCUT2D eigenvalue weighted by Crippen LogP contribution is 2.34. The smallest absolute Gasteiger partial charge is 0.314 e. The third-order valence-electron chi connectivity index (χ3n) is 4.30. The van der Waals surface area contributed by atoms with Crippen molar-refractivity contribution in [2.45, 2.75) is 6.42 Å². The van der Waals surface area contributed by atoms with Crippen molar-refractivity contribution in [1.29, 1.82) is 0 Å². The van der Waals surface area contributed by atoms with Crippen molar-refractivity contribution >= 4 is 118 Å². The number of anilines is 1. The monoisotopic (exact) mass is 662 g/mol. The molecule has 3 rings (SSSR count). The van der Waals surface area contributed by atoms with Crippen molar-refractivity contribution in [3.8, 4) is 17.2 Å². The number of carboxylic acid groups (broad SMARTS) is 2. The lowest BCUT2D eigenvalue weighted by molar-refractivity contribution is -0.147. The molecule has 0 aliphatic heterocycles. The number of hydrogen-bond acceptors (Lipinski definition) is 7. The van der Waals surface area contributed by atoms with E-state index in [0.717, 1.165) is 16.3 Å². The van der Waals surface area contributed by atoms with Crippen molar-refractivity contribution in [2.24, 2.45) is 0 Å². The van der Waals surface area contributed by atoms with Gasteiger partial charge in [-0.1, -0.05) is 6.07 Å². The van der Waals surface area contributed by atoms with Crippen LogP contribution in [0, 0.1) is 0 Å². The van der Waals surface area contributed by atoms with E-state index in [2.05, 4.69) is 36.8 Å². The molecule has 1 heterocycles. The van der Waals surface area contributed by atoms with Crippen LogP contribution in [0.25, 0.3) is 10.9 Å². The van der Waals surface area contributed by atoms with E-state index in [9.17, 15) is 19.5 Å². The van der Waals surface area contributed by atoms with Gasteiger partial charge in [-0.25, -0.2) is 0 Å². The van der Waals surface area contributed by atoms with Gasteiger partial charge in [0.15, 0.2) is 0 Å². The molecule has 0 spiro atoms. The molecule has 0 saturated heterocycles. The lowest BCUT2D eigenvalue weighted by atomic mass is 8.77. The summed E-state index contributed by atoms with van der Waals surface area (Å²) in [4.78, 5) is 32.7. The minimum absolute atomic E-state index is 0.0443. The lowest BCUT2D eigenvalue weighted by Crippen LogP contribution is -2.42. The standard InChI is InChI=1S/C10H8BrNO3.C7H8BrNO.C3H4O4.B8/c1-15-7-3-2-5-6(13)4-8(14)12-10(5)9(7)11;1-10-6-4-2-3-5(9)7(6)8;4-2(5)1-3(6)7;1-5-8(4)6-7(2)3/h2-4H,1H3,(H2,12,13,14);2-4H,9H2,1H3;1H2,(H,4,5)(H,6,7);. The molecule has 196 valence electrons. The first-order chi connectivity index (χ1) is 18.7. The third-order valence-corrected chi connectivity index (χ3v) is 5.94. The Labute approximate surface area is 256 Å². The van der Waals surface area contributed by atoms with Gasteiger partial charge in [0.25, 0.3) is 5.56 Å². The van der Waals surface area contributed by atoms with E-state index in [1.165, 1.54) is 14.2 Å². The molecule has 0 unspecified atom stereocenters. The van der Waals surface area contributed by atoms with Gasteiger partial charge in [0.1, 0.15) is 23.7 Å². The number of aromatic hydroxyl groups is 1. The van der Waals surface area contributed by atoms with E-state index in [-0.39, 0.29) is 17.7 Å². The number of nitrogens with two attached hydrogens (primary N) is 1. The van der Waals surface area contributed by atoms with E-state index < -0.39 is 24.7 Å². The van der Waals surface area contributed by atoms with Gasteiger partial charge in [0.05, 0.1) is 28.7 Å². The second kappa shape index (κ2) is 19.4. The van der Waals surface area contributed by atoms with Crippen molar-refractivity contribution < 1.29 is 34.4 Å². The number of carboxylic acids is 2. The fraction of sp³-hybridized carbons (Fsp3) is 0.150. The summed E-state index contributed by atoms with van der Waals surface area (Å²) in [6.07, 6.45) is -1.58. The topological polar surface area (TPSA) is 172 Å². The van der Waals surface area contributed by atoms with Crippen LogP contribution in [0.2, 0.25) is 0 Å². The number of hydrogen-bond donors (Lipinski definition) is 5. The number of carbonyl (C=O) groups is 2. The van der Waals surface area contributed by atoms with Crippen LogP contribution in [0.1, 0.15) is 6.42 Å². The molecule has 3 aromatic rings. The molecular formula is C20H20B8Br2N2O8. The fourth-order valence-corrected chi connectivity index (χ4v) is 3.58. The van der Waals surface area contributed by atoms with Gasteiger partial charge in [-0.3, -0.25) is 14.4 Å². The summed E-state index contributed by atoms with van der Waals surface area (Å²) < 4.78 is 11.5. The maximum atomic E-state index is 11.2. The molecule has 40 heavy (non-hydrogen) atoms. The van der Waals surface area contributed by atoms with E-state index >= 15 is 0 Å². The number of benzene rings is 2. The number of nitrogen functional groups attached to an aromatic ring is 1. The average Bonchev–Trinajstić information content (AvgIpc) is 2.86. The predicted octanol–water partition coefficient (Wildman–Crippen LogP) is 0.544. The number of H-pyrrole nitrogens is 1. The Morgan fingerprint density at radius 3 is 1.98 bits per heavy atom. The second-order valence-corrected chi connectivity index (χ2v) is 8.98. The number of fused-ring (bicyclic) bond motifs is 1. The summed E-state index contributed by atoms with van der Waals surface area (Å²) in [6, 6.07) is 10.0. The molecule has 10 nitrogen and oxygen atoms in total. The molecule has 0 amide bonds. The van der Waals surface area contributed by atoms with Crippen LogP contribution < -0.4 is 20.8 Å². The minimum atomic E-state index is -1.31. The molecule has 2 aromatic carbocycles. The Bertz CT molecular complexity index is 1310. The first-order valence-corrected chi connectivity index (χ1v) is 12.5. The first kappa shape index (κ1) is 37.3. The Hall–Kier alpha value is -2.73. The van der Waals surface area contributed by atoms with Crippen molar-refractivity contribution in [3.63, 3.8) is 0 Å². The minimum Gasteiger partial charge on any atom is -0.507 e. The second-order valence-electron chi connectivity index (χ2n) is 7.39. The largest absolute Gasteiger partial charge is 0.507 e. The number of pyridine rings is 1. The first-order valence-electron chi connectivity index (χ1n) is 10.9. The van der Waals surface area contributed by atoms with Gasteiger partial charge in [0, 0.05) is 75.0 Å². The zero-order valence-corrected chi connectivity index (χ0v) is 24.7. The fourth-order valence-electron chi connectivity index (χ4n) is 2.55. The predicted molar refractivity (Wildman–Crippen MR) is 172 cm³/mol. The van der Waals surface area contributed by atoms with E-state index in [0.29, 0.717) is 26.8 Å². The van der Waals surface area contributed by atoms with Crippen LogP contribution in [-0.2, 0) is 9.59 Å². The summed E-state index contributed by atoms with van der Waals surface area (Å²) >= 11 is 6.59. The van der Waals surface area contributed by atoms with Crippen molar-refractivity contribution in [3.05, 3.63) is 55.7 Å². The highest BCUT2D eigenvalue weighted by Gasteiger charge is 2.09. The van der Waals surface area contributed by atoms with E-state index in [4.69, 9.17) is 56.4 Å². The van der Waals surface area contributed by atoms with Crippen LogP contribution in [-0.4, -0.2) is 104 Å². The number of aromatic amines is 1. The summed E-state index contributed by atoms with van der Waals surface area (Å²) in [7, 11) is 26.6. The number of aliphatic carboxylic acids is 2. The van der Waals surface area contributed by atoms with Gasteiger partial charge in [-0.05, 0) is 56.1 Å². The van der Waals surface area contributed by atoms with E-state index in [1.807, 2.05) is 18.2 Å². The number of nitrogens with one attached hydrogen (secondary N) is 1. The number of methoxy groups -OCH3 is 2. The zero-order valence-electron chi connectivity index (χ0n) is 21.5. The average molecular weight is 663 g/mol. The van der Waals surface area contributed by atoms with Crippen LogP contribution in [0.5, 0.6) is 17.2 Å². The number of ether oxygens (including phenoxy) is 2. The zero-order chi connectivity index (χ0) is 31.0. The van der Waals surface area contributed by atoms with Gasteiger partial charge < -0.3 is 35.5 Å². The van der Waals surface area contributed by atoms with Crippen LogP contribution >= 0.6 is 31.9 Å². The Morgan fingerprint density at radius 2 is 1.57 bits per heavy atom. The van der Waals surface area contributed by atoms with E-state index in [1.54, 1.807) is 26.3 Å². The SMILES string of the molecule is COc1ccc2c(O)cc(=O)[nH]c2c1Br.COc1cccc(N)c1Br.O=C(O)CC(=O)O.[B][B]B([B])[B]B([B])[B]. The van der Waals surface area contributed by atoms with Crippen molar-refractivity contribution in [2.75, 3.05) is 20.0 Å². The maximum Gasteiger partial charge on any atom is 0.314 e. The number of rotatable bonds is 7. The highest BCUT2D eigenvalue weighted by molar-refractivity contribution is 9.11. The van der Waals surface area contributed by atoms with Crippen LogP contribution in [0.3, 0.4) is 0 Å². The number of halogens is 2. The molecule has 20 heteroatoms. The molecule has 10 radical (unpaired) electrons. The molecule has 0 bridgehead atoms. The summed E-state index contributed by atoms with van der Waals surface area (Å²) in [6.45, 7) is 0. The van der Waals surface area contributed by atoms with Crippen molar-refractivity contribution in [1.82, 2.24) is 4.98 Å². The third kappa shape index (κ3) is 14.1. The Kier molecular flexibility index (Phi) is 18.0. The molecule has 1 aromatic heterocycles. The summed E-state index contributed by atoms with van der Waals surface area (Å²) in [5.74, 6) is -1.30. The van der Waals surface area contributed by atoms with Gasteiger partial charge >= 0.3 is 11.9 Å². The van der Waals surface area contributed by atoms with Gasteiger partial charge in [-0.2, -0.15) is 0 Å².